The minimum Gasteiger partial charge on any atom is -0.379 e. The summed E-state index contributed by atoms with van der Waals surface area (Å²) in [4.78, 5) is 30.5. The second-order valence-corrected chi connectivity index (χ2v) is 22.0. The first-order valence-electron chi connectivity index (χ1n) is 25.0. The Kier molecular flexibility index (Phi) is 17.8. The highest BCUT2D eigenvalue weighted by molar-refractivity contribution is 7.99. The molecule has 4 saturated heterocycles. The van der Waals surface area contributed by atoms with Gasteiger partial charge >= 0.3 is 5.51 Å². The molecule has 0 bridgehead atoms. The first-order valence-corrected chi connectivity index (χ1v) is 27.1. The number of hydrogen-bond acceptors (Lipinski definition) is 12. The van der Waals surface area contributed by atoms with Crippen LogP contribution < -0.4 is 20.4 Å². The van der Waals surface area contributed by atoms with Crippen molar-refractivity contribution < 1.29 is 31.9 Å². The summed E-state index contributed by atoms with van der Waals surface area (Å²) in [6, 6.07) is 30.9. The molecule has 4 fully saturated rings. The summed E-state index contributed by atoms with van der Waals surface area (Å²) < 4.78 is 49.7. The third-order valence-electron chi connectivity index (χ3n) is 14.8. The number of likely N-dealkylation sites (tertiary alicyclic amines) is 1. The van der Waals surface area contributed by atoms with E-state index in [1.54, 1.807) is 29.5 Å². The molecule has 1 aliphatic carbocycles. The van der Waals surface area contributed by atoms with Gasteiger partial charge in [0.05, 0.1) is 18.9 Å². The Balaban J connectivity index is 0.840. The van der Waals surface area contributed by atoms with Crippen molar-refractivity contribution in [1.29, 1.82) is 0 Å². The Labute approximate surface area is 425 Å². The van der Waals surface area contributed by atoms with E-state index < -0.39 is 17.6 Å². The summed E-state index contributed by atoms with van der Waals surface area (Å²) >= 11 is 7.31. The zero-order valence-corrected chi connectivity index (χ0v) is 42.3. The smallest absolute Gasteiger partial charge is 0.379 e. The van der Waals surface area contributed by atoms with E-state index in [0.717, 1.165) is 106 Å². The quantitative estimate of drug-likeness (QED) is 0.0309. The maximum atomic E-state index is 14.0. The number of piperazine rings is 1. The van der Waals surface area contributed by atoms with E-state index in [4.69, 9.17) is 21.2 Å². The zero-order chi connectivity index (χ0) is 48.3. The maximum absolute atomic E-state index is 14.0. The number of nitrogens with zero attached hydrogens (tertiary/aromatic N) is 4. The molecule has 10 nitrogen and oxygen atoms in total. The van der Waals surface area contributed by atoms with Crippen molar-refractivity contribution in [2.45, 2.75) is 61.4 Å². The highest BCUT2D eigenvalue weighted by Gasteiger charge is 2.42. The molecule has 0 aromatic heterocycles. The number of alkyl halides is 3. The number of ether oxygens (including phenoxy) is 1. The van der Waals surface area contributed by atoms with Crippen molar-refractivity contribution >= 4 is 58.1 Å². The average molecular weight is 1020 g/mol. The lowest BCUT2D eigenvalue weighted by atomic mass is 9.69. The summed E-state index contributed by atoms with van der Waals surface area (Å²) in [5.74, 6) is 1.22. The third kappa shape index (κ3) is 14.3. The van der Waals surface area contributed by atoms with Crippen molar-refractivity contribution in [3.8, 4) is 5.75 Å². The van der Waals surface area contributed by atoms with Crippen LogP contribution >= 0.6 is 35.4 Å². The predicted octanol–water partition coefficient (Wildman–Crippen LogP) is 10.8. The van der Waals surface area contributed by atoms with Crippen LogP contribution in [0.5, 0.6) is 5.75 Å². The van der Waals surface area contributed by atoms with Gasteiger partial charge in [-0.15, -0.1) is 16.1 Å². The molecule has 9 rings (SSSR count). The van der Waals surface area contributed by atoms with E-state index in [-0.39, 0.29) is 23.1 Å². The van der Waals surface area contributed by atoms with Crippen LogP contribution in [0, 0.1) is 11.3 Å². The van der Waals surface area contributed by atoms with Crippen molar-refractivity contribution in [2.24, 2.45) is 11.3 Å². The van der Waals surface area contributed by atoms with Gasteiger partial charge in [-0.1, -0.05) is 47.5 Å². The van der Waals surface area contributed by atoms with Crippen LogP contribution in [0.1, 0.15) is 66.4 Å². The molecule has 70 heavy (non-hydrogen) atoms. The van der Waals surface area contributed by atoms with Crippen molar-refractivity contribution in [2.75, 3.05) is 114 Å². The van der Waals surface area contributed by atoms with E-state index in [1.165, 1.54) is 62.5 Å². The number of carbonyl (C=O) groups is 1. The number of nitrogens with one attached hydrogen (secondary N) is 2. The minimum absolute atomic E-state index is 0.00421. The van der Waals surface area contributed by atoms with Gasteiger partial charge in [-0.3, -0.25) is 14.6 Å². The fraction of sp³-hybridized carbons (Fsp3) is 0.500. The number of allylic oxidation sites excluding steroid dienone is 1. The van der Waals surface area contributed by atoms with Gasteiger partial charge < -0.3 is 30.1 Å². The van der Waals surface area contributed by atoms with E-state index >= 15 is 0 Å². The van der Waals surface area contributed by atoms with Crippen LogP contribution in [0.4, 0.5) is 24.5 Å². The number of ketones is 1. The molecule has 4 heterocycles. The molecule has 1 spiro atoms. The fourth-order valence-corrected chi connectivity index (χ4v) is 12.3. The molecule has 5 aliphatic rings. The van der Waals surface area contributed by atoms with E-state index in [1.807, 2.05) is 54.6 Å². The largest absolute Gasteiger partial charge is 0.471 e. The molecule has 4 aromatic rings. The number of halogens is 4. The predicted molar refractivity (Wildman–Crippen MR) is 278 cm³/mol. The average Bonchev–Trinajstić information content (AvgIpc) is 3.76. The first kappa shape index (κ1) is 51.1. The Hall–Kier alpha value is -3.77. The van der Waals surface area contributed by atoms with Gasteiger partial charge in [0, 0.05) is 104 Å². The second-order valence-electron chi connectivity index (χ2n) is 19.7. The first-order chi connectivity index (χ1) is 34.0. The van der Waals surface area contributed by atoms with Crippen LogP contribution in [0.15, 0.2) is 108 Å². The van der Waals surface area contributed by atoms with Gasteiger partial charge in [0.15, 0.2) is 23.6 Å². The molecule has 2 atom stereocenters. The number of hydrogen-bond donors (Lipinski definition) is 2. The summed E-state index contributed by atoms with van der Waals surface area (Å²) in [5, 5.41) is 7.81. The Morgan fingerprint density at radius 2 is 1.60 bits per heavy atom. The topological polar surface area (TPSA) is 81.8 Å². The lowest BCUT2D eigenvalue weighted by Gasteiger charge is -2.41. The molecule has 2 unspecified atom stereocenters. The molecule has 0 saturated carbocycles. The number of morpholine rings is 1. The highest BCUT2D eigenvalue weighted by atomic mass is 35.5. The second kappa shape index (κ2) is 24.3. The SMILES string of the molecule is O=C(c1ccc(N2CCN(CC3=C(c4ccc(Cl)cc4)CCC4(CCN(CC5CCNCC5)C4)C3)CC2)cc1)c1ccc(NC(CCN2CCOCC2)CSc2ccccc2)c(OOSC(F)(F)F)c1. The van der Waals surface area contributed by atoms with Crippen LogP contribution in [-0.2, 0) is 9.07 Å². The molecule has 0 radical (unpaired) electrons. The number of piperidine rings is 1. The van der Waals surface area contributed by atoms with Gasteiger partial charge in [0.25, 0.3) is 0 Å². The van der Waals surface area contributed by atoms with E-state index in [9.17, 15) is 18.0 Å². The maximum Gasteiger partial charge on any atom is 0.471 e. The highest BCUT2D eigenvalue weighted by Crippen LogP contribution is 2.49. The third-order valence-corrected chi connectivity index (χ3v) is 16.6. The Morgan fingerprint density at radius 1 is 0.857 bits per heavy atom. The number of carbonyl (C=O) groups excluding carboxylic acids is 1. The van der Waals surface area contributed by atoms with Gasteiger partial charge in [-0.2, -0.15) is 13.2 Å². The van der Waals surface area contributed by atoms with Crippen LogP contribution in [-0.4, -0.2) is 136 Å². The van der Waals surface area contributed by atoms with Crippen molar-refractivity contribution in [1.82, 2.24) is 20.0 Å². The monoisotopic (exact) mass is 1020 g/mol. The number of thioether (sulfide) groups is 1. The van der Waals surface area contributed by atoms with Gasteiger partial charge in [0.1, 0.15) is 0 Å². The molecule has 4 aromatic carbocycles. The van der Waals surface area contributed by atoms with Crippen LogP contribution in [0.2, 0.25) is 5.02 Å². The van der Waals surface area contributed by atoms with Crippen molar-refractivity contribution in [3.05, 3.63) is 124 Å². The molecular weight excluding hydrogens is 953 g/mol. The molecule has 2 N–H and O–H groups in total. The lowest BCUT2D eigenvalue weighted by Crippen LogP contribution is -2.47. The van der Waals surface area contributed by atoms with E-state index in [0.29, 0.717) is 35.6 Å². The molecule has 376 valence electrons. The van der Waals surface area contributed by atoms with Gasteiger partial charge in [0.2, 0.25) is 0 Å². The fourth-order valence-electron chi connectivity index (χ4n) is 11.0. The summed E-state index contributed by atoms with van der Waals surface area (Å²) in [6.07, 6.45) is 8.11. The summed E-state index contributed by atoms with van der Waals surface area (Å²) in [6.45, 7) is 14.4. The van der Waals surface area contributed by atoms with Gasteiger partial charge in [-0.05, 0) is 154 Å². The number of rotatable bonds is 19. The normalized spacial score (nSPS) is 21.6. The molecular formula is C54H66ClF3N6O4S2. The minimum atomic E-state index is -4.68. The van der Waals surface area contributed by atoms with Crippen LogP contribution in [0.25, 0.3) is 5.57 Å². The summed E-state index contributed by atoms with van der Waals surface area (Å²) in [7, 11) is 0. The Bertz CT molecular complexity index is 2350. The lowest BCUT2D eigenvalue weighted by molar-refractivity contribution is -0.106. The van der Waals surface area contributed by atoms with Gasteiger partial charge in [-0.25, -0.2) is 0 Å². The molecule has 0 amide bonds. The van der Waals surface area contributed by atoms with Crippen molar-refractivity contribution in [3.63, 3.8) is 0 Å². The zero-order valence-electron chi connectivity index (χ0n) is 39.9. The van der Waals surface area contributed by atoms with Crippen LogP contribution in [0.3, 0.4) is 0 Å². The van der Waals surface area contributed by atoms with E-state index in [2.05, 4.69) is 58.8 Å². The number of benzene rings is 4. The summed E-state index contributed by atoms with van der Waals surface area (Å²) in [5.41, 5.74) is 2.28. The molecule has 16 heteroatoms. The number of anilines is 2. The standard InChI is InChI=1S/C54H66ClF3N6O4S2/c55-45-11-6-41(7-12-45)49-16-20-53(21-25-63(39-53)36-40-17-22-59-23-18-40)35-44(49)37-62-26-28-64(29-27-62)47-13-8-42(9-14-47)52(65)43-10-15-50(51(34-43)67-68-70-54(56,57)58)60-46(19-24-61-30-32-66-33-31-61)38-69-48-4-2-1-3-5-48/h1-15,34,40,46,59-60H,16-33,35-39H2. The molecule has 4 aliphatic heterocycles. The Morgan fingerprint density at radius 3 is 2.34 bits per heavy atom.